The van der Waals surface area contributed by atoms with Crippen LogP contribution in [0.15, 0.2) is 11.6 Å². The van der Waals surface area contributed by atoms with Crippen LogP contribution in [-0.2, 0) is 0 Å². The Labute approximate surface area is 95.1 Å². The fourth-order valence-corrected chi connectivity index (χ4v) is 3.74. The Morgan fingerprint density at radius 3 is 2.87 bits per heavy atom. The number of hydrogen-bond donors (Lipinski definition) is 0. The Morgan fingerprint density at radius 2 is 2.13 bits per heavy atom. The van der Waals surface area contributed by atoms with Gasteiger partial charge in [0.15, 0.2) is 0 Å². The second-order valence-electron chi connectivity index (χ2n) is 5.87. The lowest BCUT2D eigenvalue weighted by Crippen LogP contribution is -2.32. The van der Waals surface area contributed by atoms with Crippen molar-refractivity contribution in [2.75, 3.05) is 0 Å². The third-order valence-electron chi connectivity index (χ3n) is 4.91. The van der Waals surface area contributed by atoms with E-state index in [1.54, 1.807) is 5.57 Å². The maximum atomic E-state index is 2.63. The van der Waals surface area contributed by atoms with Gasteiger partial charge in [0.25, 0.3) is 0 Å². The van der Waals surface area contributed by atoms with Crippen LogP contribution < -0.4 is 0 Å². The smallest absolute Gasteiger partial charge is 0.0172 e. The summed E-state index contributed by atoms with van der Waals surface area (Å²) in [6, 6.07) is 0. The van der Waals surface area contributed by atoms with Gasteiger partial charge in [-0.25, -0.2) is 0 Å². The first-order chi connectivity index (χ1) is 7.22. The summed E-state index contributed by atoms with van der Waals surface area (Å²) in [5.41, 5.74) is 1.66. The van der Waals surface area contributed by atoms with E-state index in [1.807, 2.05) is 0 Å². The highest BCUT2D eigenvalue weighted by Gasteiger charge is 2.35. The van der Waals surface area contributed by atoms with Gasteiger partial charge in [0, 0.05) is 0 Å². The van der Waals surface area contributed by atoms with Gasteiger partial charge in [-0.2, -0.15) is 0 Å². The molecule has 4 atom stereocenters. The van der Waals surface area contributed by atoms with Crippen LogP contribution >= 0.6 is 0 Å². The van der Waals surface area contributed by atoms with Gasteiger partial charge in [-0.15, -0.1) is 0 Å². The largest absolute Gasteiger partial charge is 0.0819 e. The van der Waals surface area contributed by atoms with Crippen molar-refractivity contribution in [2.45, 2.75) is 59.3 Å². The van der Waals surface area contributed by atoms with Gasteiger partial charge in [-0.3, -0.25) is 0 Å². The molecule has 0 aromatic rings. The van der Waals surface area contributed by atoms with Crippen molar-refractivity contribution in [3.63, 3.8) is 0 Å². The Kier molecular flexibility index (Phi) is 3.53. The molecule has 86 valence electrons. The molecule has 0 bridgehead atoms. The van der Waals surface area contributed by atoms with Crippen LogP contribution in [0.2, 0.25) is 0 Å². The molecule has 2 aliphatic rings. The molecule has 2 aliphatic carbocycles. The molecular formula is C15H26. The molecule has 0 saturated heterocycles. The lowest BCUT2D eigenvalue weighted by Gasteiger charge is -2.42. The van der Waals surface area contributed by atoms with Crippen molar-refractivity contribution in [2.24, 2.45) is 23.7 Å². The molecule has 1 fully saturated rings. The zero-order chi connectivity index (χ0) is 10.8. The third kappa shape index (κ3) is 2.29. The van der Waals surface area contributed by atoms with Gasteiger partial charge in [0.2, 0.25) is 0 Å². The fourth-order valence-electron chi connectivity index (χ4n) is 3.74. The molecule has 1 saturated carbocycles. The van der Waals surface area contributed by atoms with Crippen molar-refractivity contribution in [1.82, 2.24) is 0 Å². The average molecular weight is 206 g/mol. The minimum Gasteiger partial charge on any atom is -0.0819 e. The molecule has 0 heteroatoms. The zero-order valence-electron chi connectivity index (χ0n) is 10.6. The topological polar surface area (TPSA) is 0 Å². The summed E-state index contributed by atoms with van der Waals surface area (Å²) in [7, 11) is 0. The van der Waals surface area contributed by atoms with E-state index in [0.717, 1.165) is 23.7 Å². The van der Waals surface area contributed by atoms with E-state index >= 15 is 0 Å². The summed E-state index contributed by atoms with van der Waals surface area (Å²) in [6.45, 7) is 7.15. The highest BCUT2D eigenvalue weighted by Crippen LogP contribution is 2.45. The lowest BCUT2D eigenvalue weighted by atomic mass is 9.63. The van der Waals surface area contributed by atoms with Crippen LogP contribution in [0, 0.1) is 23.7 Å². The van der Waals surface area contributed by atoms with Gasteiger partial charge in [-0.05, 0) is 56.3 Å². The Bertz CT molecular complexity index is 238. The van der Waals surface area contributed by atoms with Crippen molar-refractivity contribution in [3.8, 4) is 0 Å². The van der Waals surface area contributed by atoms with Gasteiger partial charge < -0.3 is 0 Å². The normalized spacial score (nSPS) is 38.1. The Hall–Kier alpha value is -0.260. The molecule has 15 heavy (non-hydrogen) atoms. The first-order valence-corrected chi connectivity index (χ1v) is 6.89. The van der Waals surface area contributed by atoms with Crippen molar-refractivity contribution >= 4 is 0 Å². The van der Waals surface area contributed by atoms with E-state index in [0.29, 0.717) is 0 Å². The fraction of sp³-hybridized carbons (Fsp3) is 0.867. The Balaban J connectivity index is 2.13. The molecule has 0 amide bonds. The first kappa shape index (κ1) is 11.2. The van der Waals surface area contributed by atoms with Crippen molar-refractivity contribution in [1.29, 1.82) is 0 Å². The van der Waals surface area contributed by atoms with Crippen LogP contribution in [0.4, 0.5) is 0 Å². The quantitative estimate of drug-likeness (QED) is 0.569. The maximum Gasteiger partial charge on any atom is -0.0172 e. The van der Waals surface area contributed by atoms with Crippen LogP contribution in [0.25, 0.3) is 0 Å². The standard InChI is InChI=1S/C15H26/c1-4-12(3)14-7-5-6-13-9-8-11(2)10-15(13)14/h10,12-15H,4-9H2,1-3H3. The van der Waals surface area contributed by atoms with Gasteiger partial charge in [0.05, 0.1) is 0 Å². The summed E-state index contributed by atoms with van der Waals surface area (Å²) in [4.78, 5) is 0. The van der Waals surface area contributed by atoms with E-state index < -0.39 is 0 Å². The predicted molar refractivity (Wildman–Crippen MR) is 66.8 cm³/mol. The minimum atomic E-state index is 0.931. The molecule has 0 N–H and O–H groups in total. The first-order valence-electron chi connectivity index (χ1n) is 6.89. The lowest BCUT2D eigenvalue weighted by molar-refractivity contribution is 0.126. The maximum absolute atomic E-state index is 2.63. The molecule has 0 aromatic carbocycles. The van der Waals surface area contributed by atoms with Gasteiger partial charge in [0.1, 0.15) is 0 Å². The number of hydrogen-bond acceptors (Lipinski definition) is 0. The summed E-state index contributed by atoms with van der Waals surface area (Å²) in [5.74, 6) is 3.88. The Morgan fingerprint density at radius 1 is 1.33 bits per heavy atom. The molecule has 4 unspecified atom stereocenters. The summed E-state index contributed by atoms with van der Waals surface area (Å²) in [6.07, 6.45) is 11.3. The highest BCUT2D eigenvalue weighted by atomic mass is 14.4. The van der Waals surface area contributed by atoms with Gasteiger partial charge in [-0.1, -0.05) is 38.3 Å². The molecule has 0 aromatic heterocycles. The van der Waals surface area contributed by atoms with E-state index in [2.05, 4.69) is 26.8 Å². The van der Waals surface area contributed by atoms with E-state index in [-0.39, 0.29) is 0 Å². The molecule has 0 aliphatic heterocycles. The summed E-state index contributed by atoms with van der Waals surface area (Å²) >= 11 is 0. The van der Waals surface area contributed by atoms with Crippen molar-refractivity contribution in [3.05, 3.63) is 11.6 Å². The minimum absolute atomic E-state index is 0.931. The monoisotopic (exact) mass is 206 g/mol. The van der Waals surface area contributed by atoms with Gasteiger partial charge >= 0.3 is 0 Å². The van der Waals surface area contributed by atoms with Crippen LogP contribution in [0.5, 0.6) is 0 Å². The summed E-state index contributed by atoms with van der Waals surface area (Å²) in [5, 5.41) is 0. The SMILES string of the molecule is CCC(C)C1CCCC2CCC(C)=CC21. The average Bonchev–Trinajstić information content (AvgIpc) is 2.27. The molecule has 0 heterocycles. The zero-order valence-corrected chi connectivity index (χ0v) is 10.6. The number of rotatable bonds is 2. The molecule has 0 spiro atoms. The van der Waals surface area contributed by atoms with Crippen molar-refractivity contribution < 1.29 is 0 Å². The highest BCUT2D eigenvalue weighted by molar-refractivity contribution is 5.10. The number of allylic oxidation sites excluding steroid dienone is 2. The number of fused-ring (bicyclic) bond motifs is 1. The van der Waals surface area contributed by atoms with E-state index in [4.69, 9.17) is 0 Å². The second kappa shape index (κ2) is 4.72. The second-order valence-corrected chi connectivity index (χ2v) is 5.87. The molecule has 2 rings (SSSR count). The predicted octanol–water partition coefficient (Wildman–Crippen LogP) is 4.81. The molecular weight excluding hydrogens is 180 g/mol. The molecule has 0 radical (unpaired) electrons. The van der Waals surface area contributed by atoms with E-state index in [1.165, 1.54) is 38.5 Å². The third-order valence-corrected chi connectivity index (χ3v) is 4.91. The molecule has 0 nitrogen and oxygen atoms in total. The van der Waals surface area contributed by atoms with Crippen LogP contribution in [-0.4, -0.2) is 0 Å². The van der Waals surface area contributed by atoms with E-state index in [9.17, 15) is 0 Å². The summed E-state index contributed by atoms with van der Waals surface area (Å²) < 4.78 is 0. The van der Waals surface area contributed by atoms with Crippen LogP contribution in [0.1, 0.15) is 59.3 Å². The van der Waals surface area contributed by atoms with Crippen LogP contribution in [0.3, 0.4) is 0 Å².